The summed E-state index contributed by atoms with van der Waals surface area (Å²) in [5.74, 6) is 2.12. The molecular weight excluding hydrogens is 628 g/mol. The second-order valence-electron chi connectivity index (χ2n) is 13.0. The molecule has 1 saturated carbocycles. The van der Waals surface area contributed by atoms with E-state index < -0.39 is 0 Å². The topological polar surface area (TPSA) is 104 Å². The number of carbonyl (C=O) groups is 1. The summed E-state index contributed by atoms with van der Waals surface area (Å²) in [6.45, 7) is 12.4. The molecule has 2 aliphatic rings. The van der Waals surface area contributed by atoms with Crippen LogP contribution in [0, 0.1) is 28.1 Å². The number of nitrogens with zero attached hydrogens (tertiary/aromatic N) is 5. The molecule has 2 fully saturated rings. The molecule has 1 aliphatic heterocycles. The Hall–Kier alpha value is -3.22. The molecule has 0 bridgehead atoms. The molecule has 1 saturated heterocycles. The first kappa shape index (κ1) is 31.2. The van der Waals surface area contributed by atoms with Crippen LogP contribution in [0.5, 0.6) is 5.75 Å². The zero-order valence-electron chi connectivity index (χ0n) is 25.3. The summed E-state index contributed by atoms with van der Waals surface area (Å²) >= 11 is 9.67. The van der Waals surface area contributed by atoms with E-state index in [1.807, 2.05) is 6.20 Å². The van der Waals surface area contributed by atoms with E-state index in [1.54, 1.807) is 30.6 Å². The normalized spacial score (nSPS) is 21.8. The highest BCUT2D eigenvalue weighted by Crippen LogP contribution is 2.55. The second-order valence-corrected chi connectivity index (χ2v) is 14.4. The number of halogens is 2. The quantitative estimate of drug-likeness (QED) is 0.272. The van der Waals surface area contributed by atoms with E-state index in [1.165, 1.54) is 0 Å². The Balaban J connectivity index is 1.14. The molecular formula is C33H38BrClN6O2. The first-order valence-electron chi connectivity index (χ1n) is 14.8. The van der Waals surface area contributed by atoms with Gasteiger partial charge >= 0.3 is 0 Å². The van der Waals surface area contributed by atoms with Gasteiger partial charge in [0.2, 0.25) is 5.95 Å². The number of nitrogens with one attached hydrogen (secondary N) is 1. The van der Waals surface area contributed by atoms with E-state index in [0.29, 0.717) is 39.7 Å². The van der Waals surface area contributed by atoms with Crippen LogP contribution in [0.1, 0.15) is 81.4 Å². The molecule has 1 unspecified atom stereocenters. The van der Waals surface area contributed by atoms with Crippen molar-refractivity contribution in [2.24, 2.45) is 16.7 Å². The van der Waals surface area contributed by atoms with E-state index in [0.717, 1.165) is 42.5 Å². The average Bonchev–Trinajstić information content (AvgIpc) is 2.99. The lowest BCUT2D eigenvalue weighted by Crippen LogP contribution is -2.74. The number of carbonyl (C=O) groups excluding carboxylic acids is 1. The number of anilines is 1. The lowest BCUT2D eigenvalue weighted by molar-refractivity contribution is -0.164. The Morgan fingerprint density at radius 2 is 1.79 bits per heavy atom. The van der Waals surface area contributed by atoms with Gasteiger partial charge in [-0.25, -0.2) is 9.97 Å². The molecule has 0 radical (unpaired) electrons. The van der Waals surface area contributed by atoms with Crippen LogP contribution in [0.2, 0.25) is 5.02 Å². The smallest absolute Gasteiger partial charge is 0.254 e. The zero-order chi connectivity index (χ0) is 30.9. The monoisotopic (exact) mass is 664 g/mol. The van der Waals surface area contributed by atoms with Crippen LogP contribution < -0.4 is 15.0 Å². The van der Waals surface area contributed by atoms with Crippen molar-refractivity contribution in [3.63, 3.8) is 0 Å². The van der Waals surface area contributed by atoms with Crippen molar-refractivity contribution < 1.29 is 9.53 Å². The zero-order valence-corrected chi connectivity index (χ0v) is 27.6. The van der Waals surface area contributed by atoms with Crippen molar-refractivity contribution in [3.05, 3.63) is 75.2 Å². The number of ether oxygens (including phenoxy) is 1. The van der Waals surface area contributed by atoms with Crippen molar-refractivity contribution >= 4 is 39.4 Å². The average molecular weight is 666 g/mol. The maximum Gasteiger partial charge on any atom is 0.254 e. The molecule has 1 N–H and O–H groups in total. The molecule has 226 valence electrons. The molecule has 5 rings (SSSR count). The van der Waals surface area contributed by atoms with Crippen LogP contribution in [-0.2, 0) is 0 Å². The fourth-order valence-electron chi connectivity index (χ4n) is 7.08. The molecule has 10 heteroatoms. The highest BCUT2D eigenvalue weighted by Gasteiger charge is 2.64. The molecule has 8 nitrogen and oxygen atoms in total. The van der Waals surface area contributed by atoms with Gasteiger partial charge in [-0.1, -0.05) is 46.2 Å². The Kier molecular flexibility index (Phi) is 9.01. The van der Waals surface area contributed by atoms with Crippen LogP contribution in [0.4, 0.5) is 5.95 Å². The maximum absolute atomic E-state index is 13.3. The molecule has 2 aromatic heterocycles. The molecule has 43 heavy (non-hydrogen) atoms. The minimum absolute atomic E-state index is 0.139. The van der Waals surface area contributed by atoms with E-state index >= 15 is 0 Å². The number of hydrogen-bond donors (Lipinski definition) is 1. The number of hydrogen-bond acceptors (Lipinski definition) is 7. The SMILES string of the molecule is CC(CC1CCN(c2ncc(C(=O)NC3C(C)(C)C(Oc4ccc(C#N)c(Cl)c4)C3(C)C)cn2)CC1)c1ccc(Br)cn1. The summed E-state index contributed by atoms with van der Waals surface area (Å²) in [5.41, 5.74) is 1.27. The third-order valence-corrected chi connectivity index (χ3v) is 9.95. The summed E-state index contributed by atoms with van der Waals surface area (Å²) in [6, 6.07) is 11.2. The van der Waals surface area contributed by atoms with Gasteiger partial charge in [0.05, 0.1) is 16.1 Å². The number of pyridine rings is 1. The van der Waals surface area contributed by atoms with Gasteiger partial charge in [0, 0.05) is 64.8 Å². The van der Waals surface area contributed by atoms with Gasteiger partial charge in [0.15, 0.2) is 0 Å². The van der Waals surface area contributed by atoms with Crippen molar-refractivity contribution in [2.75, 3.05) is 18.0 Å². The summed E-state index contributed by atoms with van der Waals surface area (Å²) < 4.78 is 7.34. The summed E-state index contributed by atoms with van der Waals surface area (Å²) in [6.07, 6.45) is 8.21. The van der Waals surface area contributed by atoms with Gasteiger partial charge in [-0.3, -0.25) is 9.78 Å². The minimum atomic E-state index is -0.352. The summed E-state index contributed by atoms with van der Waals surface area (Å²) in [4.78, 5) is 29.2. The van der Waals surface area contributed by atoms with Crippen molar-refractivity contribution in [3.8, 4) is 11.8 Å². The van der Waals surface area contributed by atoms with Crippen LogP contribution >= 0.6 is 27.5 Å². The lowest BCUT2D eigenvalue weighted by Gasteiger charge is -2.63. The third kappa shape index (κ3) is 6.51. The van der Waals surface area contributed by atoms with E-state index in [-0.39, 0.29) is 28.9 Å². The fraction of sp³-hybridized carbons (Fsp3) is 0.485. The largest absolute Gasteiger partial charge is 0.489 e. The Bertz CT molecular complexity index is 1480. The Labute approximate surface area is 267 Å². The van der Waals surface area contributed by atoms with Gasteiger partial charge in [-0.2, -0.15) is 5.26 Å². The molecule has 3 heterocycles. The molecule has 1 aromatic carbocycles. The van der Waals surface area contributed by atoms with Gasteiger partial charge < -0.3 is 15.0 Å². The van der Waals surface area contributed by atoms with Crippen LogP contribution in [0.3, 0.4) is 0 Å². The van der Waals surface area contributed by atoms with Crippen molar-refractivity contribution in [2.45, 2.75) is 71.9 Å². The fourth-order valence-corrected chi connectivity index (χ4v) is 7.53. The highest BCUT2D eigenvalue weighted by atomic mass is 79.9. The van der Waals surface area contributed by atoms with Crippen LogP contribution in [-0.4, -0.2) is 46.1 Å². The lowest BCUT2D eigenvalue weighted by atomic mass is 9.49. The maximum atomic E-state index is 13.3. The molecule has 3 aromatic rings. The van der Waals surface area contributed by atoms with Crippen LogP contribution in [0.15, 0.2) is 53.4 Å². The summed E-state index contributed by atoms with van der Waals surface area (Å²) in [5, 5.41) is 12.7. The number of nitriles is 1. The second kappa shape index (κ2) is 12.4. The summed E-state index contributed by atoms with van der Waals surface area (Å²) in [7, 11) is 0. The number of amides is 1. The Morgan fingerprint density at radius 1 is 1.12 bits per heavy atom. The van der Waals surface area contributed by atoms with E-state index in [9.17, 15) is 4.79 Å². The number of rotatable bonds is 8. The standard InChI is InChI=1S/C33H38BrClN6O2/c1-20(27-9-7-24(34)19-37-27)14-21-10-12-41(13-11-21)31-38-17-23(18-39-31)28(42)40-29-32(2,3)30(33(29,4)5)43-25-8-6-22(16-36)26(35)15-25/h6-9,15,17-21,29-30H,10-14H2,1-5H3,(H,40,42). The van der Waals surface area contributed by atoms with Crippen molar-refractivity contribution in [1.29, 1.82) is 5.26 Å². The van der Waals surface area contributed by atoms with Gasteiger partial charge in [0.1, 0.15) is 17.9 Å². The first-order chi connectivity index (χ1) is 20.4. The van der Waals surface area contributed by atoms with Crippen LogP contribution in [0.25, 0.3) is 0 Å². The molecule has 0 spiro atoms. The highest BCUT2D eigenvalue weighted by molar-refractivity contribution is 9.10. The third-order valence-electron chi connectivity index (χ3n) is 9.17. The van der Waals surface area contributed by atoms with E-state index in [4.69, 9.17) is 21.6 Å². The van der Waals surface area contributed by atoms with Gasteiger partial charge in [-0.15, -0.1) is 0 Å². The van der Waals surface area contributed by atoms with E-state index in [2.05, 4.69) is 93.9 Å². The molecule has 1 aliphatic carbocycles. The first-order valence-corrected chi connectivity index (χ1v) is 15.9. The Morgan fingerprint density at radius 3 is 2.37 bits per heavy atom. The number of piperidine rings is 1. The number of aromatic nitrogens is 3. The minimum Gasteiger partial charge on any atom is -0.489 e. The molecule has 1 amide bonds. The van der Waals surface area contributed by atoms with Gasteiger partial charge in [-0.05, 0) is 71.3 Å². The van der Waals surface area contributed by atoms with Crippen molar-refractivity contribution in [1.82, 2.24) is 20.3 Å². The molecule has 1 atom stereocenters. The number of benzene rings is 1. The predicted octanol–water partition coefficient (Wildman–Crippen LogP) is 7.18. The van der Waals surface area contributed by atoms with Gasteiger partial charge in [0.25, 0.3) is 5.91 Å². The predicted molar refractivity (Wildman–Crippen MR) is 171 cm³/mol.